The van der Waals surface area contributed by atoms with E-state index in [1.54, 1.807) is 60.7 Å². The maximum atomic E-state index is 12.4. The van der Waals surface area contributed by atoms with Gasteiger partial charge in [-0.3, -0.25) is 14.4 Å². The number of hydrogen-bond acceptors (Lipinski definition) is 3. The first-order chi connectivity index (χ1) is 10.4. The van der Waals surface area contributed by atoms with Gasteiger partial charge < -0.3 is 5.32 Å². The van der Waals surface area contributed by atoms with Gasteiger partial charge in [0.05, 0.1) is 0 Å². The molecule has 2 rings (SSSR count). The van der Waals surface area contributed by atoms with Gasteiger partial charge in [-0.05, 0) is 26.0 Å². The van der Waals surface area contributed by atoms with Crippen molar-refractivity contribution in [1.29, 1.82) is 0 Å². The fourth-order valence-corrected chi connectivity index (χ4v) is 2.01. The number of benzene rings is 2. The first kappa shape index (κ1) is 15.6. The minimum Gasteiger partial charge on any atom is -0.340 e. The summed E-state index contributed by atoms with van der Waals surface area (Å²) in [7, 11) is 0. The number of amides is 1. The van der Waals surface area contributed by atoms with Crippen molar-refractivity contribution in [3.63, 3.8) is 0 Å². The van der Waals surface area contributed by atoms with Gasteiger partial charge in [0.2, 0.25) is 11.6 Å². The van der Waals surface area contributed by atoms with E-state index in [1.807, 2.05) is 0 Å². The molecule has 112 valence electrons. The Balaban J connectivity index is 2.14. The normalized spacial score (nSPS) is 10.8. The predicted molar refractivity (Wildman–Crippen MR) is 83.8 cm³/mol. The molecule has 2 aromatic rings. The summed E-state index contributed by atoms with van der Waals surface area (Å²) >= 11 is 0. The van der Waals surface area contributed by atoms with Crippen LogP contribution in [0.2, 0.25) is 0 Å². The van der Waals surface area contributed by atoms with E-state index in [-0.39, 0.29) is 5.91 Å². The summed E-state index contributed by atoms with van der Waals surface area (Å²) in [5, 5.41) is 2.61. The molecule has 0 aliphatic carbocycles. The van der Waals surface area contributed by atoms with Crippen LogP contribution in [0.15, 0.2) is 60.7 Å². The van der Waals surface area contributed by atoms with Crippen LogP contribution in [0.5, 0.6) is 0 Å². The lowest BCUT2D eigenvalue weighted by Crippen LogP contribution is -2.52. The van der Waals surface area contributed by atoms with Gasteiger partial charge in [0, 0.05) is 11.1 Å². The number of carbonyl (C=O) groups excluding carboxylic acids is 3. The molecule has 0 spiro atoms. The molecule has 4 nitrogen and oxygen atoms in total. The molecule has 0 atom stereocenters. The quantitative estimate of drug-likeness (QED) is 0.681. The van der Waals surface area contributed by atoms with Gasteiger partial charge in [0.15, 0.2) is 0 Å². The average molecular weight is 295 g/mol. The van der Waals surface area contributed by atoms with Crippen molar-refractivity contribution in [1.82, 2.24) is 5.32 Å². The molecular formula is C18H17NO3. The van der Waals surface area contributed by atoms with E-state index >= 15 is 0 Å². The molecule has 0 saturated carbocycles. The molecule has 0 aromatic heterocycles. The van der Waals surface area contributed by atoms with E-state index in [1.165, 1.54) is 13.8 Å². The van der Waals surface area contributed by atoms with Crippen LogP contribution >= 0.6 is 0 Å². The largest absolute Gasteiger partial charge is 0.340 e. The lowest BCUT2D eigenvalue weighted by atomic mass is 9.92. The number of ketones is 2. The van der Waals surface area contributed by atoms with Crippen molar-refractivity contribution >= 4 is 17.5 Å². The lowest BCUT2D eigenvalue weighted by Gasteiger charge is -2.24. The molecule has 0 radical (unpaired) electrons. The van der Waals surface area contributed by atoms with Crippen molar-refractivity contribution < 1.29 is 14.4 Å². The highest BCUT2D eigenvalue weighted by molar-refractivity contribution is 6.46. The molecule has 22 heavy (non-hydrogen) atoms. The predicted octanol–water partition coefficient (Wildman–Crippen LogP) is 2.65. The molecular weight excluding hydrogens is 278 g/mol. The Kier molecular flexibility index (Phi) is 4.51. The summed E-state index contributed by atoms with van der Waals surface area (Å²) in [6.07, 6.45) is 0. The topological polar surface area (TPSA) is 63.2 Å². The minimum absolute atomic E-state index is 0.314. The Labute approximate surface area is 129 Å². The third kappa shape index (κ3) is 3.47. The van der Waals surface area contributed by atoms with Crippen LogP contribution in [-0.2, 0) is 4.79 Å². The van der Waals surface area contributed by atoms with Gasteiger partial charge in [-0.25, -0.2) is 0 Å². The van der Waals surface area contributed by atoms with Crippen LogP contribution in [0.25, 0.3) is 0 Å². The number of Topliss-reactive ketones (excluding diaryl/α,β-unsaturated/α-hetero) is 2. The van der Waals surface area contributed by atoms with Crippen LogP contribution in [-0.4, -0.2) is 23.0 Å². The molecule has 0 heterocycles. The Morgan fingerprint density at radius 2 is 1.23 bits per heavy atom. The number of nitrogens with one attached hydrogen (secondary N) is 1. The second kappa shape index (κ2) is 6.35. The fourth-order valence-electron chi connectivity index (χ4n) is 2.01. The molecule has 0 bridgehead atoms. The molecule has 0 unspecified atom stereocenters. The summed E-state index contributed by atoms with van der Waals surface area (Å²) in [6.45, 7) is 3.05. The van der Waals surface area contributed by atoms with E-state index < -0.39 is 17.1 Å². The van der Waals surface area contributed by atoms with Gasteiger partial charge in [-0.15, -0.1) is 0 Å². The van der Waals surface area contributed by atoms with Gasteiger partial charge >= 0.3 is 0 Å². The summed E-state index contributed by atoms with van der Waals surface area (Å²) in [6, 6.07) is 16.9. The van der Waals surface area contributed by atoms with E-state index in [0.29, 0.717) is 11.1 Å². The molecule has 0 aliphatic heterocycles. The Bertz CT molecular complexity index is 691. The number of carbonyl (C=O) groups is 3. The maximum Gasteiger partial charge on any atom is 0.252 e. The van der Waals surface area contributed by atoms with Gasteiger partial charge in [0.1, 0.15) is 5.54 Å². The monoisotopic (exact) mass is 295 g/mol. The maximum absolute atomic E-state index is 12.4. The van der Waals surface area contributed by atoms with Crippen molar-refractivity contribution in [2.24, 2.45) is 0 Å². The SMILES string of the molecule is CC(C)(NC(=O)c1ccccc1)C(=O)C(=O)c1ccccc1. The van der Waals surface area contributed by atoms with E-state index in [2.05, 4.69) is 5.32 Å². The Hall–Kier alpha value is -2.75. The van der Waals surface area contributed by atoms with E-state index in [9.17, 15) is 14.4 Å². The van der Waals surface area contributed by atoms with E-state index in [4.69, 9.17) is 0 Å². The second-order valence-corrected chi connectivity index (χ2v) is 5.47. The second-order valence-electron chi connectivity index (χ2n) is 5.47. The van der Waals surface area contributed by atoms with Crippen molar-refractivity contribution in [3.05, 3.63) is 71.8 Å². The van der Waals surface area contributed by atoms with Crippen LogP contribution in [0, 0.1) is 0 Å². The number of hydrogen-bond donors (Lipinski definition) is 1. The van der Waals surface area contributed by atoms with Crippen LogP contribution < -0.4 is 5.32 Å². The Morgan fingerprint density at radius 1 is 0.773 bits per heavy atom. The molecule has 0 aliphatic rings. The van der Waals surface area contributed by atoms with Crippen molar-refractivity contribution in [2.75, 3.05) is 0 Å². The highest BCUT2D eigenvalue weighted by Crippen LogP contribution is 2.12. The zero-order chi connectivity index (χ0) is 16.2. The highest BCUT2D eigenvalue weighted by Gasteiger charge is 2.35. The molecule has 4 heteroatoms. The van der Waals surface area contributed by atoms with Crippen molar-refractivity contribution in [2.45, 2.75) is 19.4 Å². The lowest BCUT2D eigenvalue weighted by molar-refractivity contribution is -0.119. The summed E-state index contributed by atoms with van der Waals surface area (Å²) < 4.78 is 0. The van der Waals surface area contributed by atoms with Gasteiger partial charge in [-0.2, -0.15) is 0 Å². The molecule has 0 saturated heterocycles. The Morgan fingerprint density at radius 3 is 1.73 bits per heavy atom. The highest BCUT2D eigenvalue weighted by atomic mass is 16.2. The van der Waals surface area contributed by atoms with Crippen LogP contribution in [0.3, 0.4) is 0 Å². The summed E-state index contributed by atoms with van der Waals surface area (Å²) in [5.74, 6) is -1.65. The average Bonchev–Trinajstić information content (AvgIpc) is 2.54. The first-order valence-electron chi connectivity index (χ1n) is 6.93. The molecule has 1 amide bonds. The molecule has 2 aromatic carbocycles. The van der Waals surface area contributed by atoms with Gasteiger partial charge in [0.25, 0.3) is 5.91 Å². The minimum atomic E-state index is -1.28. The standard InChI is InChI=1S/C18H17NO3/c1-18(2,19-17(22)14-11-7-4-8-12-14)16(21)15(20)13-9-5-3-6-10-13/h3-12H,1-2H3,(H,19,22). The van der Waals surface area contributed by atoms with Crippen LogP contribution in [0.1, 0.15) is 34.6 Å². The third-order valence-electron chi connectivity index (χ3n) is 3.27. The first-order valence-corrected chi connectivity index (χ1v) is 6.93. The van der Waals surface area contributed by atoms with Crippen LogP contribution in [0.4, 0.5) is 0 Å². The zero-order valence-corrected chi connectivity index (χ0v) is 12.5. The fraction of sp³-hybridized carbons (Fsp3) is 0.167. The summed E-state index contributed by atoms with van der Waals surface area (Å²) in [5.41, 5.74) is -0.523. The number of rotatable bonds is 5. The molecule has 1 N–H and O–H groups in total. The van der Waals surface area contributed by atoms with E-state index in [0.717, 1.165) is 0 Å². The zero-order valence-electron chi connectivity index (χ0n) is 12.5. The van der Waals surface area contributed by atoms with Gasteiger partial charge in [-0.1, -0.05) is 48.5 Å². The van der Waals surface area contributed by atoms with Crippen molar-refractivity contribution in [3.8, 4) is 0 Å². The summed E-state index contributed by atoms with van der Waals surface area (Å²) in [4.78, 5) is 36.7. The molecule has 0 fully saturated rings. The third-order valence-corrected chi connectivity index (χ3v) is 3.27. The smallest absolute Gasteiger partial charge is 0.252 e.